The third-order valence-electron chi connectivity index (χ3n) is 2.24. The van der Waals surface area contributed by atoms with Crippen molar-refractivity contribution in [3.05, 3.63) is 29.6 Å². The molecule has 1 aromatic rings. The van der Waals surface area contributed by atoms with Gasteiger partial charge in [-0.1, -0.05) is 6.07 Å². The fourth-order valence-corrected chi connectivity index (χ4v) is 1.40. The predicted octanol–water partition coefficient (Wildman–Crippen LogP) is 0.754. The maximum absolute atomic E-state index is 13.5. The first kappa shape index (κ1) is 11.9. The van der Waals surface area contributed by atoms with Gasteiger partial charge in [-0.05, 0) is 24.1 Å². The molecule has 1 aromatic carbocycles. The summed E-state index contributed by atoms with van der Waals surface area (Å²) in [4.78, 5) is 1.71. The van der Waals surface area contributed by atoms with Crippen molar-refractivity contribution in [2.75, 3.05) is 25.5 Å². The van der Waals surface area contributed by atoms with Gasteiger partial charge < -0.3 is 15.7 Å². The molecule has 0 saturated carbocycles. The second kappa shape index (κ2) is 5.09. The zero-order valence-electron chi connectivity index (χ0n) is 9.07. The van der Waals surface area contributed by atoms with E-state index in [0.717, 1.165) is 5.56 Å². The molecule has 0 aliphatic heterocycles. The average molecular weight is 212 g/mol. The minimum absolute atomic E-state index is 0.192. The molecule has 0 amide bonds. The Morgan fingerprint density at radius 2 is 2.13 bits per heavy atom. The Kier molecular flexibility index (Phi) is 4.05. The number of rotatable bonds is 4. The number of hydrogen-bond acceptors (Lipinski definition) is 3. The minimum Gasteiger partial charge on any atom is -0.391 e. The normalized spacial score (nSPS) is 12.6. The van der Waals surface area contributed by atoms with Gasteiger partial charge in [0.2, 0.25) is 0 Å². The molecule has 0 bridgehead atoms. The number of nitrogens with two attached hydrogens (primary N) is 1. The van der Waals surface area contributed by atoms with Gasteiger partial charge in [-0.25, -0.2) is 4.39 Å². The number of halogens is 1. The fraction of sp³-hybridized carbons (Fsp3) is 0.455. The number of hydrogen-bond donors (Lipinski definition) is 2. The van der Waals surface area contributed by atoms with Crippen LogP contribution in [0.4, 0.5) is 10.1 Å². The predicted molar refractivity (Wildman–Crippen MR) is 59.5 cm³/mol. The molecular weight excluding hydrogens is 195 g/mol. The molecule has 0 aliphatic carbocycles. The van der Waals surface area contributed by atoms with Crippen molar-refractivity contribution in [1.82, 2.24) is 0 Å². The highest BCUT2D eigenvalue weighted by Crippen LogP contribution is 2.18. The summed E-state index contributed by atoms with van der Waals surface area (Å²) >= 11 is 0. The van der Waals surface area contributed by atoms with Gasteiger partial charge in [0.25, 0.3) is 0 Å². The molecule has 1 atom stereocenters. The van der Waals surface area contributed by atoms with E-state index in [4.69, 9.17) is 5.73 Å². The van der Waals surface area contributed by atoms with Crippen molar-refractivity contribution in [2.45, 2.75) is 12.5 Å². The number of aliphatic hydroxyl groups excluding tert-OH is 1. The summed E-state index contributed by atoms with van der Waals surface area (Å²) in [5.74, 6) is -0.276. The lowest BCUT2D eigenvalue weighted by molar-refractivity contribution is 0.183. The average Bonchev–Trinajstić information content (AvgIpc) is 2.17. The largest absolute Gasteiger partial charge is 0.391 e. The summed E-state index contributed by atoms with van der Waals surface area (Å²) in [6.45, 7) is 0.192. The Bertz CT molecular complexity index is 328. The summed E-state index contributed by atoms with van der Waals surface area (Å²) in [5, 5.41) is 9.32. The topological polar surface area (TPSA) is 49.5 Å². The van der Waals surface area contributed by atoms with Crippen LogP contribution in [0.25, 0.3) is 0 Å². The Morgan fingerprint density at radius 1 is 1.47 bits per heavy atom. The van der Waals surface area contributed by atoms with Crippen LogP contribution in [0.3, 0.4) is 0 Å². The minimum atomic E-state index is -0.602. The van der Waals surface area contributed by atoms with Gasteiger partial charge in [-0.15, -0.1) is 0 Å². The molecule has 0 heterocycles. The van der Waals surface area contributed by atoms with Crippen molar-refractivity contribution < 1.29 is 9.50 Å². The van der Waals surface area contributed by atoms with E-state index >= 15 is 0 Å². The first-order valence-electron chi connectivity index (χ1n) is 4.88. The molecule has 15 heavy (non-hydrogen) atoms. The number of nitrogens with zero attached hydrogens (tertiary/aromatic N) is 1. The quantitative estimate of drug-likeness (QED) is 0.774. The third kappa shape index (κ3) is 3.18. The molecule has 3 N–H and O–H groups in total. The first-order chi connectivity index (χ1) is 7.04. The molecule has 0 aliphatic rings. The van der Waals surface area contributed by atoms with Crippen LogP contribution < -0.4 is 10.6 Å². The smallest absolute Gasteiger partial charge is 0.146 e. The molecule has 0 aromatic heterocycles. The Balaban J connectivity index is 2.82. The summed E-state index contributed by atoms with van der Waals surface area (Å²) in [6, 6.07) is 4.94. The summed E-state index contributed by atoms with van der Waals surface area (Å²) in [5.41, 5.74) is 6.59. The summed E-state index contributed by atoms with van der Waals surface area (Å²) < 4.78 is 13.5. The standard InChI is InChI=1S/C11H17FN2O/c1-14(2)11-4-3-8(6-10(11)12)5-9(15)7-13/h3-4,6,9,15H,5,7,13H2,1-2H3. The lowest BCUT2D eigenvalue weighted by atomic mass is 10.1. The van der Waals surface area contributed by atoms with Crippen molar-refractivity contribution in [3.63, 3.8) is 0 Å². The fourth-order valence-electron chi connectivity index (χ4n) is 1.40. The zero-order chi connectivity index (χ0) is 11.4. The second-order valence-corrected chi connectivity index (χ2v) is 3.77. The summed E-state index contributed by atoms with van der Waals surface area (Å²) in [6.07, 6.45) is -0.212. The molecule has 1 rings (SSSR count). The van der Waals surface area contributed by atoms with Crippen LogP contribution >= 0.6 is 0 Å². The van der Waals surface area contributed by atoms with Gasteiger partial charge in [-0.2, -0.15) is 0 Å². The molecule has 0 saturated heterocycles. The van der Waals surface area contributed by atoms with E-state index in [-0.39, 0.29) is 12.4 Å². The van der Waals surface area contributed by atoms with Crippen LogP contribution in [-0.2, 0) is 6.42 Å². The van der Waals surface area contributed by atoms with Gasteiger partial charge in [0.15, 0.2) is 0 Å². The number of anilines is 1. The van der Waals surface area contributed by atoms with Gasteiger partial charge in [0.1, 0.15) is 5.82 Å². The van der Waals surface area contributed by atoms with Crippen molar-refractivity contribution in [3.8, 4) is 0 Å². The van der Waals surface area contributed by atoms with Gasteiger partial charge in [0.05, 0.1) is 11.8 Å². The molecule has 1 unspecified atom stereocenters. The van der Waals surface area contributed by atoms with Crippen molar-refractivity contribution in [1.29, 1.82) is 0 Å². The van der Waals surface area contributed by atoms with E-state index < -0.39 is 6.10 Å². The van der Waals surface area contributed by atoms with Crippen LogP contribution in [0.15, 0.2) is 18.2 Å². The molecule has 3 nitrogen and oxygen atoms in total. The molecule has 4 heteroatoms. The van der Waals surface area contributed by atoms with Crippen LogP contribution in [-0.4, -0.2) is 31.9 Å². The number of benzene rings is 1. The van der Waals surface area contributed by atoms with Crippen LogP contribution in [0.1, 0.15) is 5.56 Å². The molecule has 0 fully saturated rings. The molecule has 0 spiro atoms. The monoisotopic (exact) mass is 212 g/mol. The van der Waals surface area contributed by atoms with Crippen molar-refractivity contribution in [2.24, 2.45) is 5.73 Å². The highest BCUT2D eigenvalue weighted by atomic mass is 19.1. The Morgan fingerprint density at radius 3 is 2.60 bits per heavy atom. The van der Waals surface area contributed by atoms with Crippen LogP contribution in [0, 0.1) is 5.82 Å². The van der Waals surface area contributed by atoms with E-state index in [1.807, 2.05) is 0 Å². The van der Waals surface area contributed by atoms with Crippen LogP contribution in [0.2, 0.25) is 0 Å². The van der Waals surface area contributed by atoms with Gasteiger partial charge in [0, 0.05) is 20.6 Å². The van der Waals surface area contributed by atoms with E-state index in [1.165, 1.54) is 6.07 Å². The van der Waals surface area contributed by atoms with E-state index in [2.05, 4.69) is 0 Å². The molecular formula is C11H17FN2O. The van der Waals surface area contributed by atoms with Crippen LogP contribution in [0.5, 0.6) is 0 Å². The SMILES string of the molecule is CN(C)c1ccc(CC(O)CN)cc1F. The summed E-state index contributed by atoms with van der Waals surface area (Å²) in [7, 11) is 3.57. The lowest BCUT2D eigenvalue weighted by Gasteiger charge is -2.15. The Labute approximate surface area is 89.3 Å². The van der Waals surface area contributed by atoms with E-state index in [0.29, 0.717) is 12.1 Å². The first-order valence-corrected chi connectivity index (χ1v) is 4.88. The second-order valence-electron chi connectivity index (χ2n) is 3.77. The maximum atomic E-state index is 13.5. The Hall–Kier alpha value is -1.13. The van der Waals surface area contributed by atoms with Crippen molar-refractivity contribution >= 4 is 5.69 Å². The lowest BCUT2D eigenvalue weighted by Crippen LogP contribution is -2.22. The van der Waals surface area contributed by atoms with Gasteiger partial charge >= 0.3 is 0 Å². The van der Waals surface area contributed by atoms with E-state index in [9.17, 15) is 9.50 Å². The third-order valence-corrected chi connectivity index (χ3v) is 2.24. The van der Waals surface area contributed by atoms with Gasteiger partial charge in [-0.3, -0.25) is 0 Å². The highest BCUT2D eigenvalue weighted by molar-refractivity contribution is 5.47. The number of aliphatic hydroxyl groups is 1. The van der Waals surface area contributed by atoms with E-state index in [1.54, 1.807) is 31.1 Å². The molecule has 84 valence electrons. The highest BCUT2D eigenvalue weighted by Gasteiger charge is 2.08. The maximum Gasteiger partial charge on any atom is 0.146 e. The molecule has 0 radical (unpaired) electrons. The zero-order valence-corrected chi connectivity index (χ0v) is 9.07.